The Labute approximate surface area is 146 Å². The summed E-state index contributed by atoms with van der Waals surface area (Å²) in [4.78, 5) is 23.6. The molecule has 0 atom stereocenters. The van der Waals surface area contributed by atoms with Gasteiger partial charge in [0.1, 0.15) is 0 Å². The highest BCUT2D eigenvalue weighted by molar-refractivity contribution is 5.97. The molecule has 3 aromatic rings. The molecule has 6 heteroatoms. The number of imidazole rings is 1. The summed E-state index contributed by atoms with van der Waals surface area (Å²) < 4.78 is 2.03. The summed E-state index contributed by atoms with van der Waals surface area (Å²) in [5.74, 6) is 0.942. The van der Waals surface area contributed by atoms with Crippen molar-refractivity contribution in [3.63, 3.8) is 0 Å². The van der Waals surface area contributed by atoms with Crippen molar-refractivity contribution in [2.24, 2.45) is 7.05 Å². The number of para-hydroxylation sites is 1. The number of pyridine rings is 1. The number of fused-ring (bicyclic) bond motifs is 1. The second-order valence-electron chi connectivity index (χ2n) is 6.49. The number of anilines is 1. The maximum atomic E-state index is 12.5. The van der Waals surface area contributed by atoms with Crippen molar-refractivity contribution in [3.8, 4) is 0 Å². The fourth-order valence-electron chi connectivity index (χ4n) is 3.35. The van der Waals surface area contributed by atoms with Crippen LogP contribution >= 0.6 is 0 Å². The SMILES string of the molecule is Cn1ccnc1N1CCC(NC(=O)c2cnc3ccccc3c2)CC1. The van der Waals surface area contributed by atoms with Crippen LogP contribution in [0, 0.1) is 0 Å². The number of aromatic nitrogens is 3. The van der Waals surface area contributed by atoms with Gasteiger partial charge in [-0.25, -0.2) is 4.98 Å². The monoisotopic (exact) mass is 335 g/mol. The highest BCUT2D eigenvalue weighted by Gasteiger charge is 2.23. The van der Waals surface area contributed by atoms with Crippen LogP contribution in [-0.2, 0) is 7.05 Å². The van der Waals surface area contributed by atoms with Gasteiger partial charge in [-0.05, 0) is 25.0 Å². The van der Waals surface area contributed by atoms with Crippen LogP contribution in [0.5, 0.6) is 0 Å². The average Bonchev–Trinajstić information content (AvgIpc) is 3.08. The molecule has 0 spiro atoms. The average molecular weight is 335 g/mol. The van der Waals surface area contributed by atoms with Crippen LogP contribution in [0.2, 0.25) is 0 Å². The molecule has 3 heterocycles. The summed E-state index contributed by atoms with van der Waals surface area (Å²) in [6.45, 7) is 1.79. The highest BCUT2D eigenvalue weighted by atomic mass is 16.1. The normalized spacial score (nSPS) is 15.5. The Morgan fingerprint density at radius 1 is 1.20 bits per heavy atom. The van der Waals surface area contributed by atoms with Crippen molar-refractivity contribution >= 4 is 22.8 Å². The lowest BCUT2D eigenvalue weighted by Gasteiger charge is -2.33. The summed E-state index contributed by atoms with van der Waals surface area (Å²) >= 11 is 0. The topological polar surface area (TPSA) is 63.1 Å². The third-order valence-corrected chi connectivity index (χ3v) is 4.76. The summed E-state index contributed by atoms with van der Waals surface area (Å²) in [6.07, 6.45) is 7.26. The van der Waals surface area contributed by atoms with E-state index in [1.54, 1.807) is 6.20 Å². The Balaban J connectivity index is 1.39. The Hall–Kier alpha value is -2.89. The second kappa shape index (κ2) is 6.55. The van der Waals surface area contributed by atoms with E-state index < -0.39 is 0 Å². The van der Waals surface area contributed by atoms with E-state index in [1.807, 2.05) is 54.3 Å². The zero-order chi connectivity index (χ0) is 17.2. The van der Waals surface area contributed by atoms with Crippen LogP contribution in [0.1, 0.15) is 23.2 Å². The summed E-state index contributed by atoms with van der Waals surface area (Å²) in [7, 11) is 2.00. The summed E-state index contributed by atoms with van der Waals surface area (Å²) in [5, 5.41) is 4.13. The van der Waals surface area contributed by atoms with Gasteiger partial charge in [-0.1, -0.05) is 18.2 Å². The van der Waals surface area contributed by atoms with Crippen LogP contribution in [0.25, 0.3) is 10.9 Å². The highest BCUT2D eigenvalue weighted by Crippen LogP contribution is 2.18. The maximum absolute atomic E-state index is 12.5. The van der Waals surface area contributed by atoms with Crippen LogP contribution < -0.4 is 10.2 Å². The minimum atomic E-state index is -0.0475. The standard InChI is InChI=1S/C19H21N5O/c1-23-11-8-20-19(23)24-9-6-16(7-10-24)22-18(25)15-12-14-4-2-3-5-17(14)21-13-15/h2-5,8,11-13,16H,6-7,9-10H2,1H3,(H,22,25). The molecule has 6 nitrogen and oxygen atoms in total. The van der Waals surface area contributed by atoms with E-state index in [2.05, 4.69) is 20.2 Å². The first-order chi connectivity index (χ1) is 12.2. The molecule has 25 heavy (non-hydrogen) atoms. The fourth-order valence-corrected chi connectivity index (χ4v) is 3.35. The largest absolute Gasteiger partial charge is 0.349 e. The van der Waals surface area contributed by atoms with Gasteiger partial charge >= 0.3 is 0 Å². The maximum Gasteiger partial charge on any atom is 0.253 e. The van der Waals surface area contributed by atoms with Crippen molar-refractivity contribution in [3.05, 3.63) is 54.5 Å². The zero-order valence-corrected chi connectivity index (χ0v) is 14.2. The predicted octanol–water partition coefficient (Wildman–Crippen LogP) is 2.37. The molecule has 0 unspecified atom stereocenters. The Bertz CT molecular complexity index is 895. The molecule has 0 radical (unpaired) electrons. The minimum absolute atomic E-state index is 0.0475. The van der Waals surface area contributed by atoms with Gasteiger partial charge in [0, 0.05) is 50.2 Å². The predicted molar refractivity (Wildman–Crippen MR) is 97.7 cm³/mol. The number of piperidine rings is 1. The molecule has 0 bridgehead atoms. The van der Waals surface area contributed by atoms with Gasteiger partial charge in [-0.3, -0.25) is 9.78 Å². The summed E-state index contributed by atoms with van der Waals surface area (Å²) in [6, 6.07) is 9.93. The molecule has 1 amide bonds. The Morgan fingerprint density at radius 2 is 2.00 bits per heavy atom. The second-order valence-corrected chi connectivity index (χ2v) is 6.49. The van der Waals surface area contributed by atoms with Crippen molar-refractivity contribution in [2.75, 3.05) is 18.0 Å². The fraction of sp³-hybridized carbons (Fsp3) is 0.316. The first kappa shape index (κ1) is 15.6. The molecular formula is C19H21N5O. The molecule has 1 aromatic carbocycles. The van der Waals surface area contributed by atoms with Crippen molar-refractivity contribution < 1.29 is 4.79 Å². The van der Waals surface area contributed by atoms with E-state index in [9.17, 15) is 4.79 Å². The van der Waals surface area contributed by atoms with Crippen LogP contribution in [-0.4, -0.2) is 39.6 Å². The number of benzene rings is 1. The quantitative estimate of drug-likeness (QED) is 0.798. The number of hydrogen-bond donors (Lipinski definition) is 1. The molecule has 1 aliphatic heterocycles. The minimum Gasteiger partial charge on any atom is -0.349 e. The van der Waals surface area contributed by atoms with Crippen LogP contribution in [0.15, 0.2) is 48.9 Å². The molecule has 0 aliphatic carbocycles. The van der Waals surface area contributed by atoms with Gasteiger partial charge in [0.15, 0.2) is 0 Å². The molecule has 1 aliphatic rings. The lowest BCUT2D eigenvalue weighted by molar-refractivity contribution is 0.0931. The molecule has 1 N–H and O–H groups in total. The molecule has 0 saturated carbocycles. The molecular weight excluding hydrogens is 314 g/mol. The van der Waals surface area contributed by atoms with Crippen molar-refractivity contribution in [1.82, 2.24) is 19.9 Å². The van der Waals surface area contributed by atoms with Gasteiger partial charge in [0.05, 0.1) is 11.1 Å². The Morgan fingerprint density at radius 3 is 2.76 bits per heavy atom. The van der Waals surface area contributed by atoms with E-state index >= 15 is 0 Å². The van der Waals surface area contributed by atoms with Crippen LogP contribution in [0.4, 0.5) is 5.95 Å². The van der Waals surface area contributed by atoms with E-state index in [0.29, 0.717) is 5.56 Å². The molecule has 4 rings (SSSR count). The van der Waals surface area contributed by atoms with Gasteiger partial charge < -0.3 is 14.8 Å². The van der Waals surface area contributed by atoms with Crippen molar-refractivity contribution in [1.29, 1.82) is 0 Å². The number of carbonyl (C=O) groups excluding carboxylic acids is 1. The third kappa shape index (κ3) is 3.20. The van der Waals surface area contributed by atoms with E-state index in [0.717, 1.165) is 42.8 Å². The number of nitrogens with one attached hydrogen (secondary N) is 1. The summed E-state index contributed by atoms with van der Waals surface area (Å²) in [5.41, 5.74) is 1.52. The Kier molecular flexibility index (Phi) is 4.09. The van der Waals surface area contributed by atoms with Gasteiger partial charge in [-0.15, -0.1) is 0 Å². The van der Waals surface area contributed by atoms with Gasteiger partial charge in [0.2, 0.25) is 5.95 Å². The number of aryl methyl sites for hydroxylation is 1. The van der Waals surface area contributed by atoms with Crippen molar-refractivity contribution in [2.45, 2.75) is 18.9 Å². The number of rotatable bonds is 3. The van der Waals surface area contributed by atoms with Gasteiger partial charge in [-0.2, -0.15) is 0 Å². The number of amides is 1. The number of hydrogen-bond acceptors (Lipinski definition) is 4. The van der Waals surface area contributed by atoms with Gasteiger partial charge in [0.25, 0.3) is 5.91 Å². The van der Waals surface area contributed by atoms with E-state index in [4.69, 9.17) is 0 Å². The third-order valence-electron chi connectivity index (χ3n) is 4.76. The number of carbonyl (C=O) groups is 1. The molecule has 1 saturated heterocycles. The first-order valence-electron chi connectivity index (χ1n) is 8.58. The van der Waals surface area contributed by atoms with E-state index in [1.165, 1.54) is 0 Å². The van der Waals surface area contributed by atoms with E-state index in [-0.39, 0.29) is 11.9 Å². The lowest BCUT2D eigenvalue weighted by atomic mass is 10.0. The molecule has 2 aromatic heterocycles. The smallest absolute Gasteiger partial charge is 0.253 e. The number of nitrogens with zero attached hydrogens (tertiary/aromatic N) is 4. The molecule has 1 fully saturated rings. The first-order valence-corrected chi connectivity index (χ1v) is 8.58. The lowest BCUT2D eigenvalue weighted by Crippen LogP contribution is -2.45. The van der Waals surface area contributed by atoms with Crippen LogP contribution in [0.3, 0.4) is 0 Å². The zero-order valence-electron chi connectivity index (χ0n) is 14.2. The molecule has 128 valence electrons.